The predicted molar refractivity (Wildman–Crippen MR) is 58.0 cm³/mol. The van der Waals surface area contributed by atoms with Crippen LogP contribution in [0.3, 0.4) is 0 Å². The zero-order valence-corrected chi connectivity index (χ0v) is 10.1. The number of aryl methyl sites for hydroxylation is 3. The highest BCUT2D eigenvalue weighted by atomic mass is 16.4. The van der Waals surface area contributed by atoms with Crippen LogP contribution < -0.4 is 0 Å². The Labute approximate surface area is 82.4 Å². The minimum atomic E-state index is 0.750. The van der Waals surface area contributed by atoms with Gasteiger partial charge in [0.15, 0.2) is 5.89 Å². The van der Waals surface area contributed by atoms with E-state index in [4.69, 9.17) is 4.42 Å². The average molecular weight is 185 g/mol. The summed E-state index contributed by atoms with van der Waals surface area (Å²) in [4.78, 5) is 4.04. The second-order valence-corrected chi connectivity index (χ2v) is 2.58. The van der Waals surface area contributed by atoms with Crippen molar-refractivity contribution < 1.29 is 4.42 Å². The van der Waals surface area contributed by atoms with Crippen molar-refractivity contribution in [2.45, 2.75) is 54.9 Å². The van der Waals surface area contributed by atoms with Gasteiger partial charge in [0, 0.05) is 6.92 Å². The summed E-state index contributed by atoms with van der Waals surface area (Å²) in [6, 6.07) is 0. The first kappa shape index (κ1) is 14.7. The van der Waals surface area contributed by atoms with Crippen molar-refractivity contribution in [3.05, 3.63) is 17.3 Å². The lowest BCUT2D eigenvalue weighted by atomic mass is 10.4. The van der Waals surface area contributed by atoms with E-state index in [1.165, 1.54) is 6.42 Å². The minimum absolute atomic E-state index is 0.750. The molecule has 2 nitrogen and oxygen atoms in total. The molecule has 0 unspecified atom stereocenters. The maximum atomic E-state index is 5.10. The molecule has 2 heteroatoms. The molecule has 0 fully saturated rings. The highest BCUT2D eigenvalue weighted by Gasteiger charge is 1.97. The second kappa shape index (κ2) is 9.30. The van der Waals surface area contributed by atoms with E-state index in [0.717, 1.165) is 17.3 Å². The Morgan fingerprint density at radius 1 is 1.08 bits per heavy atom. The zero-order chi connectivity index (χ0) is 10.9. The van der Waals surface area contributed by atoms with Crippen LogP contribution in [0.2, 0.25) is 0 Å². The summed E-state index contributed by atoms with van der Waals surface area (Å²) in [5, 5.41) is 0. The summed E-state index contributed by atoms with van der Waals surface area (Å²) in [6.07, 6.45) is 1.25. The van der Waals surface area contributed by atoms with E-state index >= 15 is 0 Å². The molecular weight excluding hydrogens is 162 g/mol. The highest BCUT2D eigenvalue weighted by Crippen LogP contribution is 2.05. The van der Waals surface area contributed by atoms with Gasteiger partial charge in [-0.2, -0.15) is 0 Å². The van der Waals surface area contributed by atoms with Crippen molar-refractivity contribution in [3.8, 4) is 0 Å². The van der Waals surface area contributed by atoms with Gasteiger partial charge in [0.05, 0.1) is 5.69 Å². The number of hydrogen-bond acceptors (Lipinski definition) is 2. The molecule has 0 spiro atoms. The first-order valence-corrected chi connectivity index (χ1v) is 5.02. The first-order valence-electron chi connectivity index (χ1n) is 5.02. The lowest BCUT2D eigenvalue weighted by Crippen LogP contribution is -1.71. The van der Waals surface area contributed by atoms with Gasteiger partial charge in [0.2, 0.25) is 0 Å². The molecule has 1 rings (SSSR count). The summed E-state index contributed by atoms with van der Waals surface area (Å²) in [6.45, 7) is 13.9. The lowest BCUT2D eigenvalue weighted by molar-refractivity contribution is 0.493. The third kappa shape index (κ3) is 7.57. The number of nitrogens with zero attached hydrogens (tertiary/aromatic N) is 1. The van der Waals surface area contributed by atoms with Gasteiger partial charge in [-0.15, -0.1) is 0 Å². The Bertz CT molecular complexity index is 184. The molecule has 0 atom stereocenters. The van der Waals surface area contributed by atoms with E-state index in [2.05, 4.69) is 18.8 Å². The predicted octanol–water partition coefficient (Wildman–Crippen LogP) is 4.04. The zero-order valence-electron chi connectivity index (χ0n) is 10.1. The number of aromatic nitrogens is 1. The van der Waals surface area contributed by atoms with Gasteiger partial charge >= 0.3 is 0 Å². The molecule has 0 saturated carbocycles. The average Bonchev–Trinajstić information content (AvgIpc) is 2.35. The fraction of sp³-hybridized carbons (Fsp3) is 0.727. The normalized spacial score (nSPS) is 7.92. The van der Waals surface area contributed by atoms with Crippen LogP contribution in [0, 0.1) is 20.8 Å². The summed E-state index contributed by atoms with van der Waals surface area (Å²) in [7, 11) is 0. The van der Waals surface area contributed by atoms with Gasteiger partial charge in [-0.3, -0.25) is 0 Å². The Hall–Kier alpha value is -0.790. The van der Waals surface area contributed by atoms with Crippen LogP contribution in [0.15, 0.2) is 4.42 Å². The van der Waals surface area contributed by atoms with Crippen LogP contribution in [-0.4, -0.2) is 4.98 Å². The second-order valence-electron chi connectivity index (χ2n) is 2.58. The van der Waals surface area contributed by atoms with Crippen LogP contribution in [0.1, 0.15) is 51.5 Å². The lowest BCUT2D eigenvalue weighted by Gasteiger charge is -1.77. The van der Waals surface area contributed by atoms with Crippen molar-refractivity contribution in [3.63, 3.8) is 0 Å². The SMILES string of the molecule is CC.CCC.Cc1nc(C)c(C)o1. The van der Waals surface area contributed by atoms with Crippen LogP contribution in [-0.2, 0) is 0 Å². The monoisotopic (exact) mass is 185 g/mol. The standard InChI is InChI=1S/C6H9NO.C3H8.C2H6/c1-4-5(2)8-6(3)7-4;1-3-2;1-2/h1-3H3;3H2,1-2H3;1-2H3. The molecule has 13 heavy (non-hydrogen) atoms. The molecular formula is C11H23NO. The quantitative estimate of drug-likeness (QED) is 0.609. The molecule has 0 aromatic carbocycles. The molecule has 78 valence electrons. The Kier molecular flexibility index (Phi) is 10.5. The van der Waals surface area contributed by atoms with E-state index in [0.29, 0.717) is 0 Å². The van der Waals surface area contributed by atoms with E-state index in [9.17, 15) is 0 Å². The van der Waals surface area contributed by atoms with Gasteiger partial charge in [0.25, 0.3) is 0 Å². The fourth-order valence-corrected chi connectivity index (χ4v) is 0.633. The Morgan fingerprint density at radius 3 is 1.54 bits per heavy atom. The highest BCUT2D eigenvalue weighted by molar-refractivity contribution is 5.03. The van der Waals surface area contributed by atoms with Crippen molar-refractivity contribution in [1.29, 1.82) is 0 Å². The van der Waals surface area contributed by atoms with E-state index in [-0.39, 0.29) is 0 Å². The Balaban J connectivity index is 0. The third-order valence-electron chi connectivity index (χ3n) is 1.14. The molecule has 0 saturated heterocycles. The molecule has 0 aliphatic carbocycles. The topological polar surface area (TPSA) is 26.0 Å². The molecule has 0 radical (unpaired) electrons. The van der Waals surface area contributed by atoms with Crippen molar-refractivity contribution in [1.82, 2.24) is 4.98 Å². The molecule has 1 heterocycles. The third-order valence-corrected chi connectivity index (χ3v) is 1.14. The van der Waals surface area contributed by atoms with Crippen LogP contribution in [0.5, 0.6) is 0 Å². The summed E-state index contributed by atoms with van der Waals surface area (Å²) >= 11 is 0. The van der Waals surface area contributed by atoms with Gasteiger partial charge < -0.3 is 4.42 Å². The summed E-state index contributed by atoms with van der Waals surface area (Å²) in [5.41, 5.74) is 0.988. The number of hydrogen-bond donors (Lipinski definition) is 0. The summed E-state index contributed by atoms with van der Waals surface area (Å²) in [5.74, 6) is 1.67. The van der Waals surface area contributed by atoms with Crippen molar-refractivity contribution in [2.24, 2.45) is 0 Å². The van der Waals surface area contributed by atoms with Crippen molar-refractivity contribution >= 4 is 0 Å². The van der Waals surface area contributed by atoms with E-state index in [1.807, 2.05) is 34.6 Å². The van der Waals surface area contributed by atoms with Crippen molar-refractivity contribution in [2.75, 3.05) is 0 Å². The molecule has 0 N–H and O–H groups in total. The first-order chi connectivity index (χ1) is 6.11. The maximum absolute atomic E-state index is 5.10. The van der Waals surface area contributed by atoms with Crippen LogP contribution in [0.25, 0.3) is 0 Å². The molecule has 1 aromatic heterocycles. The molecule has 0 aliphatic heterocycles. The van der Waals surface area contributed by atoms with E-state index in [1.54, 1.807) is 0 Å². The minimum Gasteiger partial charge on any atom is -0.446 e. The van der Waals surface area contributed by atoms with E-state index < -0.39 is 0 Å². The number of oxazole rings is 1. The molecule has 0 aliphatic rings. The van der Waals surface area contributed by atoms with Crippen LogP contribution >= 0.6 is 0 Å². The maximum Gasteiger partial charge on any atom is 0.191 e. The van der Waals surface area contributed by atoms with Gasteiger partial charge in [-0.1, -0.05) is 34.1 Å². The largest absolute Gasteiger partial charge is 0.446 e. The van der Waals surface area contributed by atoms with Gasteiger partial charge in [-0.25, -0.2) is 4.98 Å². The smallest absolute Gasteiger partial charge is 0.191 e. The Morgan fingerprint density at radius 2 is 1.46 bits per heavy atom. The molecule has 0 bridgehead atoms. The van der Waals surface area contributed by atoms with Crippen LogP contribution in [0.4, 0.5) is 0 Å². The summed E-state index contributed by atoms with van der Waals surface area (Å²) < 4.78 is 5.10. The van der Waals surface area contributed by atoms with Gasteiger partial charge in [-0.05, 0) is 13.8 Å². The number of rotatable bonds is 0. The fourth-order valence-electron chi connectivity index (χ4n) is 0.633. The molecule has 1 aromatic rings. The van der Waals surface area contributed by atoms with Gasteiger partial charge in [0.1, 0.15) is 5.76 Å². The molecule has 0 amide bonds.